The summed E-state index contributed by atoms with van der Waals surface area (Å²) < 4.78 is 0. The van der Waals surface area contributed by atoms with Gasteiger partial charge in [-0.1, -0.05) is 61.3 Å². The summed E-state index contributed by atoms with van der Waals surface area (Å²) >= 11 is 0. The predicted molar refractivity (Wildman–Crippen MR) is 83.8 cm³/mol. The Balaban J connectivity index is 5.39. The molecule has 0 radical (unpaired) electrons. The summed E-state index contributed by atoms with van der Waals surface area (Å²) in [5, 5.41) is 0. The lowest BCUT2D eigenvalue weighted by molar-refractivity contribution is -0.00159. The quantitative estimate of drug-likeness (QED) is 0.576. The van der Waals surface area contributed by atoms with E-state index in [9.17, 15) is 0 Å². The molecule has 0 unspecified atom stereocenters. The Morgan fingerprint density at radius 1 is 0.667 bits per heavy atom. The van der Waals surface area contributed by atoms with Crippen LogP contribution in [-0.4, -0.2) is 5.54 Å². The molecule has 0 aliphatic rings. The van der Waals surface area contributed by atoms with Crippen molar-refractivity contribution in [1.29, 1.82) is 0 Å². The van der Waals surface area contributed by atoms with Gasteiger partial charge in [0.05, 0.1) is 0 Å². The van der Waals surface area contributed by atoms with E-state index >= 15 is 0 Å². The van der Waals surface area contributed by atoms with Crippen LogP contribution in [0.25, 0.3) is 0 Å². The van der Waals surface area contributed by atoms with Gasteiger partial charge in [0.25, 0.3) is 0 Å². The SMILES string of the molecule is CCC(N)(CC)CC(CC)(CC)C(C)(CC)CC. The van der Waals surface area contributed by atoms with E-state index in [4.69, 9.17) is 5.73 Å². The van der Waals surface area contributed by atoms with Crippen molar-refractivity contribution in [2.75, 3.05) is 0 Å². The molecule has 0 saturated heterocycles. The number of rotatable bonds is 9. The third-order valence-corrected chi connectivity index (χ3v) is 6.29. The van der Waals surface area contributed by atoms with Gasteiger partial charge in [-0.3, -0.25) is 0 Å². The molecule has 0 heterocycles. The van der Waals surface area contributed by atoms with E-state index in [1.807, 2.05) is 0 Å². The topological polar surface area (TPSA) is 26.0 Å². The minimum absolute atomic E-state index is 0.0254. The second kappa shape index (κ2) is 6.93. The van der Waals surface area contributed by atoms with Gasteiger partial charge in [-0.15, -0.1) is 0 Å². The van der Waals surface area contributed by atoms with Crippen LogP contribution in [0.2, 0.25) is 0 Å². The average Bonchev–Trinajstić information content (AvgIpc) is 2.43. The summed E-state index contributed by atoms with van der Waals surface area (Å²) in [5.41, 5.74) is 7.49. The first-order chi connectivity index (χ1) is 8.32. The summed E-state index contributed by atoms with van der Waals surface area (Å²) in [5.74, 6) is 0. The molecule has 18 heavy (non-hydrogen) atoms. The molecule has 0 aromatic rings. The van der Waals surface area contributed by atoms with Crippen LogP contribution < -0.4 is 5.73 Å². The van der Waals surface area contributed by atoms with Gasteiger partial charge in [0.1, 0.15) is 0 Å². The molecule has 0 aromatic heterocycles. The second-order valence-corrected chi connectivity index (χ2v) is 6.50. The van der Waals surface area contributed by atoms with Crippen LogP contribution in [0.5, 0.6) is 0 Å². The maximum absolute atomic E-state index is 6.64. The van der Waals surface area contributed by atoms with E-state index in [1.54, 1.807) is 0 Å². The molecular formula is C17H37N. The molecule has 0 spiro atoms. The van der Waals surface area contributed by atoms with Gasteiger partial charge in [0.2, 0.25) is 0 Å². The summed E-state index contributed by atoms with van der Waals surface area (Å²) in [6, 6.07) is 0. The van der Waals surface area contributed by atoms with Crippen molar-refractivity contribution in [3.63, 3.8) is 0 Å². The number of hydrogen-bond acceptors (Lipinski definition) is 1. The maximum Gasteiger partial charge on any atom is 0.0154 e. The second-order valence-electron chi connectivity index (χ2n) is 6.50. The van der Waals surface area contributed by atoms with E-state index in [2.05, 4.69) is 48.5 Å². The highest BCUT2D eigenvalue weighted by molar-refractivity contribution is 4.99. The zero-order valence-corrected chi connectivity index (χ0v) is 14.0. The summed E-state index contributed by atoms with van der Waals surface area (Å²) in [4.78, 5) is 0. The van der Waals surface area contributed by atoms with E-state index in [0.29, 0.717) is 10.8 Å². The van der Waals surface area contributed by atoms with Crippen LogP contribution in [0.4, 0.5) is 0 Å². The average molecular weight is 255 g/mol. The highest BCUT2D eigenvalue weighted by atomic mass is 14.7. The van der Waals surface area contributed by atoms with E-state index < -0.39 is 0 Å². The van der Waals surface area contributed by atoms with Crippen molar-refractivity contribution in [2.24, 2.45) is 16.6 Å². The molecule has 0 aliphatic heterocycles. The van der Waals surface area contributed by atoms with Crippen molar-refractivity contribution in [3.05, 3.63) is 0 Å². The van der Waals surface area contributed by atoms with Crippen LogP contribution in [0.1, 0.15) is 93.4 Å². The lowest BCUT2D eigenvalue weighted by atomic mass is 9.54. The highest BCUT2D eigenvalue weighted by Gasteiger charge is 2.46. The van der Waals surface area contributed by atoms with Gasteiger partial charge in [-0.05, 0) is 42.9 Å². The first-order valence-corrected chi connectivity index (χ1v) is 8.11. The Bertz CT molecular complexity index is 220. The van der Waals surface area contributed by atoms with E-state index in [-0.39, 0.29) is 5.54 Å². The fourth-order valence-corrected chi connectivity index (χ4v) is 3.74. The smallest absolute Gasteiger partial charge is 0.0154 e. The Morgan fingerprint density at radius 3 is 1.28 bits per heavy atom. The minimum atomic E-state index is 0.0254. The zero-order valence-electron chi connectivity index (χ0n) is 14.0. The van der Waals surface area contributed by atoms with Gasteiger partial charge < -0.3 is 5.73 Å². The molecule has 0 rings (SSSR count). The highest BCUT2D eigenvalue weighted by Crippen LogP contribution is 2.54. The summed E-state index contributed by atoms with van der Waals surface area (Å²) in [6.07, 6.45) is 8.38. The Morgan fingerprint density at radius 2 is 1.06 bits per heavy atom. The van der Waals surface area contributed by atoms with Crippen LogP contribution in [0.15, 0.2) is 0 Å². The van der Waals surface area contributed by atoms with Crippen molar-refractivity contribution in [1.82, 2.24) is 0 Å². The molecule has 0 amide bonds. The van der Waals surface area contributed by atoms with Crippen molar-refractivity contribution >= 4 is 0 Å². The van der Waals surface area contributed by atoms with E-state index in [1.165, 1.54) is 32.1 Å². The normalized spacial score (nSPS) is 14.0. The third kappa shape index (κ3) is 3.29. The van der Waals surface area contributed by atoms with Gasteiger partial charge >= 0.3 is 0 Å². The van der Waals surface area contributed by atoms with Gasteiger partial charge in [0, 0.05) is 5.54 Å². The summed E-state index contributed by atoms with van der Waals surface area (Å²) in [7, 11) is 0. The predicted octanol–water partition coefficient (Wildman–Crippen LogP) is 5.53. The third-order valence-electron chi connectivity index (χ3n) is 6.29. The molecule has 0 saturated carbocycles. The number of nitrogens with two attached hydrogens (primary N) is 1. The van der Waals surface area contributed by atoms with Crippen LogP contribution in [-0.2, 0) is 0 Å². The molecule has 0 fully saturated rings. The molecule has 1 heteroatoms. The lowest BCUT2D eigenvalue weighted by Crippen LogP contribution is -2.49. The van der Waals surface area contributed by atoms with Crippen molar-refractivity contribution in [2.45, 2.75) is 99.0 Å². The van der Waals surface area contributed by atoms with E-state index in [0.717, 1.165) is 12.8 Å². The molecule has 0 bridgehead atoms. The van der Waals surface area contributed by atoms with Crippen LogP contribution in [0.3, 0.4) is 0 Å². The molecule has 0 aromatic carbocycles. The van der Waals surface area contributed by atoms with Crippen LogP contribution in [0, 0.1) is 10.8 Å². The van der Waals surface area contributed by atoms with Crippen molar-refractivity contribution in [3.8, 4) is 0 Å². The fourth-order valence-electron chi connectivity index (χ4n) is 3.74. The Kier molecular flexibility index (Phi) is 6.92. The van der Waals surface area contributed by atoms with Crippen molar-refractivity contribution < 1.29 is 0 Å². The fraction of sp³-hybridized carbons (Fsp3) is 1.00. The summed E-state index contributed by atoms with van der Waals surface area (Å²) in [6.45, 7) is 16.4. The monoisotopic (exact) mass is 255 g/mol. The molecular weight excluding hydrogens is 218 g/mol. The molecule has 0 atom stereocenters. The standard InChI is InChI=1S/C17H37N/c1-8-15(7,9-2)16(10-3,11-4)14-17(18,12-5)13-6/h8-14,18H2,1-7H3. The number of hydrogen-bond donors (Lipinski definition) is 1. The maximum atomic E-state index is 6.64. The Labute approximate surface area is 116 Å². The largest absolute Gasteiger partial charge is 0.325 e. The minimum Gasteiger partial charge on any atom is -0.325 e. The first-order valence-electron chi connectivity index (χ1n) is 8.11. The van der Waals surface area contributed by atoms with Gasteiger partial charge in [0.15, 0.2) is 0 Å². The van der Waals surface area contributed by atoms with Crippen LogP contribution >= 0.6 is 0 Å². The molecule has 0 aliphatic carbocycles. The van der Waals surface area contributed by atoms with Gasteiger partial charge in [-0.25, -0.2) is 0 Å². The molecule has 110 valence electrons. The zero-order chi connectivity index (χ0) is 14.4. The first kappa shape index (κ1) is 18.0. The Hall–Kier alpha value is -0.0400. The molecule has 1 nitrogen and oxygen atoms in total. The lowest BCUT2D eigenvalue weighted by Gasteiger charge is -2.52. The molecule has 2 N–H and O–H groups in total. The van der Waals surface area contributed by atoms with Gasteiger partial charge in [-0.2, -0.15) is 0 Å².